The normalized spacial score (nSPS) is 13.3. The van der Waals surface area contributed by atoms with Crippen molar-refractivity contribution >= 4 is 28.5 Å². The monoisotopic (exact) mass is 360 g/mol. The fraction of sp³-hybridized carbons (Fsp3) is 0.227. The van der Waals surface area contributed by atoms with Crippen LogP contribution in [0.1, 0.15) is 28.0 Å². The Kier molecular flexibility index (Phi) is 4.59. The molecule has 3 aromatic rings. The molecule has 0 spiro atoms. The van der Waals surface area contributed by atoms with Crippen LogP contribution in [-0.4, -0.2) is 30.0 Å². The lowest BCUT2D eigenvalue weighted by molar-refractivity contribution is -0.121. The summed E-state index contributed by atoms with van der Waals surface area (Å²) < 4.78 is 5.36. The van der Waals surface area contributed by atoms with Crippen LogP contribution in [0.25, 0.3) is 10.9 Å². The molecule has 2 aromatic carbocycles. The molecule has 0 radical (unpaired) electrons. The second kappa shape index (κ2) is 7.19. The van der Waals surface area contributed by atoms with Crippen molar-refractivity contribution in [3.05, 3.63) is 71.4 Å². The summed E-state index contributed by atoms with van der Waals surface area (Å²) in [5.74, 6) is -0.707. The maximum atomic E-state index is 12.7. The average Bonchev–Trinajstić information content (AvgIpc) is 2.70. The number of esters is 1. The highest BCUT2D eigenvalue weighted by Gasteiger charge is 2.23. The Labute approximate surface area is 157 Å². The fourth-order valence-electron chi connectivity index (χ4n) is 3.55. The van der Waals surface area contributed by atoms with E-state index in [0.29, 0.717) is 12.1 Å². The molecule has 5 nitrogen and oxygen atoms in total. The van der Waals surface area contributed by atoms with Crippen molar-refractivity contribution in [3.63, 3.8) is 0 Å². The maximum absolute atomic E-state index is 12.7. The van der Waals surface area contributed by atoms with Gasteiger partial charge in [0.05, 0.1) is 11.1 Å². The highest BCUT2D eigenvalue weighted by Crippen LogP contribution is 2.27. The molecule has 1 aliphatic rings. The molecule has 0 saturated heterocycles. The zero-order chi connectivity index (χ0) is 18.8. The van der Waals surface area contributed by atoms with Gasteiger partial charge in [0.25, 0.3) is 5.91 Å². The number of carbonyl (C=O) groups excluding carboxylic acids is 2. The summed E-state index contributed by atoms with van der Waals surface area (Å²) >= 11 is 0. The van der Waals surface area contributed by atoms with Gasteiger partial charge in [-0.25, -0.2) is 4.79 Å². The number of para-hydroxylation sites is 2. The Hall–Kier alpha value is -3.21. The minimum atomic E-state index is -0.504. The quantitative estimate of drug-likeness (QED) is 0.669. The van der Waals surface area contributed by atoms with Gasteiger partial charge in [-0.15, -0.1) is 0 Å². The third-order valence-corrected chi connectivity index (χ3v) is 4.80. The molecule has 27 heavy (non-hydrogen) atoms. The summed E-state index contributed by atoms with van der Waals surface area (Å²) in [5, 5.41) is 0.726. The number of nitrogens with zero attached hydrogens (tertiary/aromatic N) is 2. The van der Waals surface area contributed by atoms with E-state index >= 15 is 0 Å². The van der Waals surface area contributed by atoms with E-state index in [0.717, 1.165) is 40.7 Å². The number of ether oxygens (including phenoxy) is 1. The van der Waals surface area contributed by atoms with Gasteiger partial charge in [-0.2, -0.15) is 0 Å². The standard InChI is InChI=1S/C22H20N2O3/c1-15-13-18(17-9-3-4-10-19(17)23-15)22(26)27-14-21(25)24-12-6-8-16-7-2-5-11-20(16)24/h2-5,7,9-11,13H,6,8,12,14H2,1H3. The summed E-state index contributed by atoms with van der Waals surface area (Å²) in [6.07, 6.45) is 1.87. The van der Waals surface area contributed by atoms with E-state index in [-0.39, 0.29) is 12.5 Å². The number of hydrogen-bond acceptors (Lipinski definition) is 4. The molecule has 0 atom stereocenters. The van der Waals surface area contributed by atoms with Gasteiger partial charge in [0, 0.05) is 23.3 Å². The lowest BCUT2D eigenvalue weighted by Crippen LogP contribution is -2.38. The number of hydrogen-bond donors (Lipinski definition) is 0. The van der Waals surface area contributed by atoms with Crippen LogP contribution in [0.15, 0.2) is 54.6 Å². The van der Waals surface area contributed by atoms with E-state index in [1.165, 1.54) is 0 Å². The van der Waals surface area contributed by atoms with Crippen LogP contribution in [0.3, 0.4) is 0 Å². The first-order valence-corrected chi connectivity index (χ1v) is 9.05. The van der Waals surface area contributed by atoms with Crippen molar-refractivity contribution in [1.82, 2.24) is 4.98 Å². The smallest absolute Gasteiger partial charge is 0.339 e. The third kappa shape index (κ3) is 3.40. The lowest BCUT2D eigenvalue weighted by atomic mass is 10.0. The third-order valence-electron chi connectivity index (χ3n) is 4.80. The number of carbonyl (C=O) groups is 2. The van der Waals surface area contributed by atoms with Crippen molar-refractivity contribution in [1.29, 1.82) is 0 Å². The molecular weight excluding hydrogens is 340 g/mol. The van der Waals surface area contributed by atoms with Crippen molar-refractivity contribution in [2.45, 2.75) is 19.8 Å². The van der Waals surface area contributed by atoms with Gasteiger partial charge in [0.1, 0.15) is 0 Å². The van der Waals surface area contributed by atoms with Crippen LogP contribution in [0.2, 0.25) is 0 Å². The van der Waals surface area contributed by atoms with E-state index < -0.39 is 5.97 Å². The highest BCUT2D eigenvalue weighted by atomic mass is 16.5. The molecule has 0 aliphatic carbocycles. The number of aromatic nitrogens is 1. The van der Waals surface area contributed by atoms with E-state index in [4.69, 9.17) is 4.74 Å². The van der Waals surface area contributed by atoms with Crippen LogP contribution in [0.4, 0.5) is 5.69 Å². The van der Waals surface area contributed by atoms with E-state index in [2.05, 4.69) is 4.98 Å². The number of rotatable bonds is 3. The molecule has 1 aromatic heterocycles. The number of pyridine rings is 1. The summed E-state index contributed by atoms with van der Waals surface area (Å²) in [7, 11) is 0. The van der Waals surface area contributed by atoms with Crippen LogP contribution >= 0.6 is 0 Å². The Morgan fingerprint density at radius 1 is 1.11 bits per heavy atom. The van der Waals surface area contributed by atoms with Gasteiger partial charge in [-0.05, 0) is 43.5 Å². The summed E-state index contributed by atoms with van der Waals surface area (Å²) in [4.78, 5) is 31.4. The van der Waals surface area contributed by atoms with Gasteiger partial charge in [-0.3, -0.25) is 9.78 Å². The molecule has 4 rings (SSSR count). The molecule has 136 valence electrons. The van der Waals surface area contributed by atoms with Crippen molar-refractivity contribution in [2.24, 2.45) is 0 Å². The fourth-order valence-corrected chi connectivity index (χ4v) is 3.55. The first-order valence-electron chi connectivity index (χ1n) is 9.05. The van der Waals surface area contributed by atoms with Crippen LogP contribution in [-0.2, 0) is 16.0 Å². The van der Waals surface area contributed by atoms with E-state index in [1.54, 1.807) is 11.0 Å². The molecule has 0 unspecified atom stereocenters. The number of aryl methyl sites for hydroxylation is 2. The van der Waals surface area contributed by atoms with Crippen LogP contribution in [0.5, 0.6) is 0 Å². The maximum Gasteiger partial charge on any atom is 0.339 e. The minimum absolute atomic E-state index is 0.203. The molecular formula is C22H20N2O3. The minimum Gasteiger partial charge on any atom is -0.452 e. The average molecular weight is 360 g/mol. The second-order valence-corrected chi connectivity index (χ2v) is 6.68. The number of amides is 1. The molecule has 1 amide bonds. The molecule has 1 aliphatic heterocycles. The molecule has 2 heterocycles. The lowest BCUT2D eigenvalue weighted by Gasteiger charge is -2.29. The Morgan fingerprint density at radius 2 is 1.89 bits per heavy atom. The topological polar surface area (TPSA) is 59.5 Å². The largest absolute Gasteiger partial charge is 0.452 e. The van der Waals surface area contributed by atoms with Crippen LogP contribution in [0, 0.1) is 6.92 Å². The second-order valence-electron chi connectivity index (χ2n) is 6.68. The number of anilines is 1. The van der Waals surface area contributed by atoms with Gasteiger partial charge in [0.2, 0.25) is 0 Å². The summed E-state index contributed by atoms with van der Waals surface area (Å²) in [6.45, 7) is 2.20. The van der Waals surface area contributed by atoms with Gasteiger partial charge < -0.3 is 9.64 Å². The van der Waals surface area contributed by atoms with Crippen LogP contribution < -0.4 is 4.90 Å². The zero-order valence-electron chi connectivity index (χ0n) is 15.1. The summed E-state index contributed by atoms with van der Waals surface area (Å²) in [6, 6.07) is 17.0. The molecule has 0 bridgehead atoms. The van der Waals surface area contributed by atoms with Crippen molar-refractivity contribution in [2.75, 3.05) is 18.1 Å². The Bertz CT molecular complexity index is 1030. The molecule has 0 saturated carbocycles. The van der Waals surface area contributed by atoms with Crippen molar-refractivity contribution in [3.8, 4) is 0 Å². The molecule has 5 heteroatoms. The number of fused-ring (bicyclic) bond motifs is 2. The van der Waals surface area contributed by atoms with Gasteiger partial charge in [0.15, 0.2) is 6.61 Å². The van der Waals surface area contributed by atoms with Gasteiger partial charge >= 0.3 is 5.97 Å². The van der Waals surface area contributed by atoms with Gasteiger partial charge in [-0.1, -0.05) is 36.4 Å². The van der Waals surface area contributed by atoms with Crippen molar-refractivity contribution < 1.29 is 14.3 Å². The first-order chi connectivity index (χ1) is 13.1. The van der Waals surface area contributed by atoms with E-state index in [1.807, 2.05) is 55.5 Å². The molecule has 0 N–H and O–H groups in total. The predicted octanol–water partition coefficient (Wildman–Crippen LogP) is 3.68. The molecule has 0 fully saturated rings. The highest BCUT2D eigenvalue weighted by molar-refractivity contribution is 6.04. The summed E-state index contributed by atoms with van der Waals surface area (Å²) in [5.41, 5.74) is 3.97. The predicted molar refractivity (Wildman–Crippen MR) is 104 cm³/mol. The van der Waals surface area contributed by atoms with E-state index in [9.17, 15) is 9.59 Å². The number of benzene rings is 2. The Morgan fingerprint density at radius 3 is 2.78 bits per heavy atom. The SMILES string of the molecule is Cc1cc(C(=O)OCC(=O)N2CCCc3ccccc32)c2ccccc2n1. The Balaban J connectivity index is 1.52. The zero-order valence-corrected chi connectivity index (χ0v) is 15.1. The first kappa shape index (κ1) is 17.2.